The molecule has 3 N–H and O–H groups in total. The van der Waals surface area contributed by atoms with Crippen LogP contribution in [-0.2, 0) is 10.0 Å². The number of anilines is 1. The zero-order chi connectivity index (χ0) is 13.2. The summed E-state index contributed by atoms with van der Waals surface area (Å²) in [4.78, 5) is 0.965. The largest absolute Gasteiger partial charge is 0.398 e. The summed E-state index contributed by atoms with van der Waals surface area (Å²) in [6.07, 6.45) is 0. The maximum absolute atomic E-state index is 11.7. The highest BCUT2D eigenvalue weighted by Crippen LogP contribution is 2.35. The van der Waals surface area contributed by atoms with Gasteiger partial charge in [0, 0.05) is 10.6 Å². The maximum Gasteiger partial charge on any atom is 0.240 e. The van der Waals surface area contributed by atoms with Gasteiger partial charge in [-0.15, -0.1) is 11.3 Å². The number of thiophene rings is 1. The van der Waals surface area contributed by atoms with Crippen LogP contribution in [0.1, 0.15) is 0 Å². The third kappa shape index (κ3) is 2.86. The number of hydrogen-bond donors (Lipinski definition) is 2. The van der Waals surface area contributed by atoms with Crippen molar-refractivity contribution in [3.8, 4) is 0 Å². The van der Waals surface area contributed by atoms with Gasteiger partial charge in [-0.25, -0.2) is 13.1 Å². The molecule has 2 rings (SSSR count). The molecule has 7 heteroatoms. The van der Waals surface area contributed by atoms with E-state index in [1.807, 2.05) is 17.5 Å². The minimum atomic E-state index is -3.43. The van der Waals surface area contributed by atoms with E-state index in [0.717, 1.165) is 9.10 Å². The average Bonchev–Trinajstić information content (AvgIpc) is 2.84. The van der Waals surface area contributed by atoms with Crippen LogP contribution in [0.5, 0.6) is 0 Å². The van der Waals surface area contributed by atoms with Gasteiger partial charge in [0.2, 0.25) is 10.0 Å². The number of nitrogen functional groups attached to an aromatic ring is 1. The molecule has 0 saturated heterocycles. The second-order valence-corrected chi connectivity index (χ2v) is 7.62. The van der Waals surface area contributed by atoms with E-state index >= 15 is 0 Å². The second-order valence-electron chi connectivity index (χ2n) is 3.44. The highest BCUT2D eigenvalue weighted by molar-refractivity contribution is 8.01. The van der Waals surface area contributed by atoms with Crippen molar-refractivity contribution in [2.45, 2.75) is 14.0 Å². The van der Waals surface area contributed by atoms with Crippen LogP contribution in [0.3, 0.4) is 0 Å². The van der Waals surface area contributed by atoms with Crippen LogP contribution in [0, 0.1) is 0 Å². The Morgan fingerprint density at radius 2 is 2.11 bits per heavy atom. The quantitative estimate of drug-likeness (QED) is 0.850. The van der Waals surface area contributed by atoms with Crippen LogP contribution in [0.4, 0.5) is 5.69 Å². The lowest BCUT2D eigenvalue weighted by atomic mass is 10.3. The molecule has 0 saturated carbocycles. The number of sulfonamides is 1. The molecule has 0 radical (unpaired) electrons. The first-order valence-corrected chi connectivity index (χ1v) is 8.25. The molecule has 0 atom stereocenters. The van der Waals surface area contributed by atoms with Crippen LogP contribution in [0.15, 0.2) is 49.7 Å². The summed E-state index contributed by atoms with van der Waals surface area (Å²) >= 11 is 3.05. The van der Waals surface area contributed by atoms with E-state index < -0.39 is 10.0 Å². The zero-order valence-electron chi connectivity index (χ0n) is 9.58. The summed E-state index contributed by atoms with van der Waals surface area (Å²) in [5.74, 6) is 0. The third-order valence-corrected chi connectivity index (χ3v) is 5.79. The Morgan fingerprint density at radius 1 is 1.33 bits per heavy atom. The van der Waals surface area contributed by atoms with Crippen LogP contribution in [-0.4, -0.2) is 15.5 Å². The molecule has 1 aromatic carbocycles. The molecule has 0 fully saturated rings. The van der Waals surface area contributed by atoms with Crippen molar-refractivity contribution >= 4 is 38.8 Å². The molecule has 1 aromatic heterocycles. The Balaban J connectivity index is 2.39. The summed E-state index contributed by atoms with van der Waals surface area (Å²) < 4.78 is 26.8. The molecule has 2 aromatic rings. The Bertz CT molecular complexity index is 636. The van der Waals surface area contributed by atoms with Gasteiger partial charge in [-0.3, -0.25) is 0 Å². The molecule has 0 aliphatic heterocycles. The normalized spacial score (nSPS) is 11.6. The van der Waals surface area contributed by atoms with E-state index in [9.17, 15) is 8.42 Å². The lowest BCUT2D eigenvalue weighted by Crippen LogP contribution is -2.18. The smallest absolute Gasteiger partial charge is 0.240 e. The summed E-state index contributed by atoms with van der Waals surface area (Å²) in [6, 6.07) is 8.61. The molecule has 18 heavy (non-hydrogen) atoms. The molecule has 0 unspecified atom stereocenters. The van der Waals surface area contributed by atoms with E-state index in [2.05, 4.69) is 4.72 Å². The molecule has 0 aliphatic rings. The van der Waals surface area contributed by atoms with Crippen LogP contribution >= 0.6 is 23.1 Å². The summed E-state index contributed by atoms with van der Waals surface area (Å²) in [6.45, 7) is 0. The van der Waals surface area contributed by atoms with E-state index in [1.54, 1.807) is 23.5 Å². The van der Waals surface area contributed by atoms with Gasteiger partial charge < -0.3 is 5.73 Å². The van der Waals surface area contributed by atoms with Crippen molar-refractivity contribution in [2.24, 2.45) is 0 Å². The lowest BCUT2D eigenvalue weighted by molar-refractivity contribution is 0.588. The zero-order valence-corrected chi connectivity index (χ0v) is 12.0. The fourth-order valence-electron chi connectivity index (χ4n) is 1.32. The van der Waals surface area contributed by atoms with Gasteiger partial charge in [0.05, 0.1) is 9.10 Å². The van der Waals surface area contributed by atoms with Gasteiger partial charge in [-0.1, -0.05) is 17.8 Å². The molecular weight excluding hydrogens is 288 g/mol. The maximum atomic E-state index is 11.7. The summed E-state index contributed by atoms with van der Waals surface area (Å²) in [5.41, 5.74) is 6.43. The summed E-state index contributed by atoms with van der Waals surface area (Å²) in [7, 11) is -2.05. The van der Waals surface area contributed by atoms with Crippen molar-refractivity contribution in [1.29, 1.82) is 0 Å². The highest BCUT2D eigenvalue weighted by Gasteiger charge is 2.13. The standard InChI is InChI=1S/C11H12N2O2S3/c1-13-18(14,15)8-4-5-9(12)10(7-8)17-11-3-2-6-16-11/h2-7,13H,12H2,1H3. The minimum Gasteiger partial charge on any atom is -0.398 e. The fourth-order valence-corrected chi connectivity index (χ4v) is 3.96. The van der Waals surface area contributed by atoms with E-state index in [0.29, 0.717) is 5.69 Å². The number of rotatable bonds is 4. The lowest BCUT2D eigenvalue weighted by Gasteiger charge is -2.07. The predicted molar refractivity (Wildman–Crippen MR) is 75.5 cm³/mol. The number of nitrogens with two attached hydrogens (primary N) is 1. The van der Waals surface area contributed by atoms with Gasteiger partial charge in [0.25, 0.3) is 0 Å². The predicted octanol–water partition coefficient (Wildman–Crippen LogP) is 2.39. The number of nitrogens with one attached hydrogen (secondary N) is 1. The molecular formula is C11H12N2O2S3. The van der Waals surface area contributed by atoms with Crippen molar-refractivity contribution in [2.75, 3.05) is 12.8 Å². The average molecular weight is 300 g/mol. The van der Waals surface area contributed by atoms with Crippen LogP contribution in [0.25, 0.3) is 0 Å². The van der Waals surface area contributed by atoms with Gasteiger partial charge in [-0.05, 0) is 36.7 Å². The van der Waals surface area contributed by atoms with Gasteiger partial charge in [-0.2, -0.15) is 0 Å². The Kier molecular flexibility index (Phi) is 3.96. The fraction of sp³-hybridized carbons (Fsp3) is 0.0909. The Hall–Kier alpha value is -1.02. The molecule has 0 bridgehead atoms. The van der Waals surface area contributed by atoms with Crippen molar-refractivity contribution in [3.63, 3.8) is 0 Å². The topological polar surface area (TPSA) is 72.2 Å². The van der Waals surface area contributed by atoms with Crippen molar-refractivity contribution in [1.82, 2.24) is 4.72 Å². The molecule has 4 nitrogen and oxygen atoms in total. The van der Waals surface area contributed by atoms with Crippen molar-refractivity contribution < 1.29 is 8.42 Å². The van der Waals surface area contributed by atoms with Gasteiger partial charge in [0.15, 0.2) is 0 Å². The van der Waals surface area contributed by atoms with E-state index in [-0.39, 0.29) is 4.90 Å². The van der Waals surface area contributed by atoms with Crippen molar-refractivity contribution in [3.05, 3.63) is 35.7 Å². The monoisotopic (exact) mass is 300 g/mol. The first kappa shape index (κ1) is 13.4. The molecule has 0 spiro atoms. The molecule has 0 amide bonds. The Labute approximate surface area is 114 Å². The molecule has 1 heterocycles. The first-order chi connectivity index (χ1) is 8.53. The molecule has 0 aliphatic carbocycles. The first-order valence-electron chi connectivity index (χ1n) is 5.07. The molecule has 96 valence electrons. The van der Waals surface area contributed by atoms with Crippen LogP contribution in [0.2, 0.25) is 0 Å². The number of hydrogen-bond acceptors (Lipinski definition) is 5. The second kappa shape index (κ2) is 5.31. The highest BCUT2D eigenvalue weighted by atomic mass is 32.2. The third-order valence-electron chi connectivity index (χ3n) is 2.27. The minimum absolute atomic E-state index is 0.221. The van der Waals surface area contributed by atoms with Gasteiger partial charge >= 0.3 is 0 Å². The summed E-state index contributed by atoms with van der Waals surface area (Å²) in [5, 5.41) is 1.96. The van der Waals surface area contributed by atoms with Crippen LogP contribution < -0.4 is 10.5 Å². The van der Waals surface area contributed by atoms with E-state index in [4.69, 9.17) is 5.73 Å². The van der Waals surface area contributed by atoms with E-state index in [1.165, 1.54) is 24.9 Å². The van der Waals surface area contributed by atoms with Gasteiger partial charge in [0.1, 0.15) is 0 Å². The Morgan fingerprint density at radius 3 is 2.72 bits per heavy atom. The number of benzene rings is 1. The SMILES string of the molecule is CNS(=O)(=O)c1ccc(N)c(Sc2cccs2)c1.